The highest BCUT2D eigenvalue weighted by Gasteiger charge is 2.43. The zero-order valence-electron chi connectivity index (χ0n) is 6.39. The van der Waals surface area contributed by atoms with Crippen molar-refractivity contribution in [2.45, 2.75) is 18.8 Å². The molecule has 1 N–H and O–H groups in total. The van der Waals surface area contributed by atoms with Crippen LogP contribution in [0.5, 0.6) is 5.88 Å². The second kappa shape index (κ2) is 2.51. The molecule has 1 aromatic heterocycles. The van der Waals surface area contributed by atoms with E-state index in [0.717, 1.165) is 0 Å². The third-order valence-electron chi connectivity index (χ3n) is 1.99. The molecule has 0 saturated carbocycles. The lowest BCUT2D eigenvalue weighted by atomic mass is 10.2. The standard InChI is InChI=1S/C7H5ClF2N2O/c8-6-11-4-3(5(13)12-6)1-2-7(4,9)10/h1-2H2,(H,11,12,13). The van der Waals surface area contributed by atoms with Gasteiger partial charge < -0.3 is 5.11 Å². The zero-order chi connectivity index (χ0) is 9.64. The van der Waals surface area contributed by atoms with Crippen LogP contribution < -0.4 is 0 Å². The summed E-state index contributed by atoms with van der Waals surface area (Å²) in [5, 5.41) is 8.83. The summed E-state index contributed by atoms with van der Waals surface area (Å²) in [6, 6.07) is 0. The lowest BCUT2D eigenvalue weighted by Gasteiger charge is -2.08. The van der Waals surface area contributed by atoms with Crippen LogP contribution in [-0.4, -0.2) is 15.1 Å². The maximum atomic E-state index is 13.0. The summed E-state index contributed by atoms with van der Waals surface area (Å²) >= 11 is 5.34. The molecule has 0 aliphatic heterocycles. The van der Waals surface area contributed by atoms with E-state index >= 15 is 0 Å². The van der Waals surface area contributed by atoms with Crippen molar-refractivity contribution in [3.8, 4) is 5.88 Å². The molecule has 6 heteroatoms. The van der Waals surface area contributed by atoms with Crippen molar-refractivity contribution in [3.05, 3.63) is 16.5 Å². The van der Waals surface area contributed by atoms with Gasteiger partial charge in [-0.3, -0.25) is 0 Å². The van der Waals surface area contributed by atoms with Crippen LogP contribution in [0.4, 0.5) is 8.78 Å². The van der Waals surface area contributed by atoms with Gasteiger partial charge in [0.15, 0.2) is 0 Å². The van der Waals surface area contributed by atoms with Gasteiger partial charge in [0.1, 0.15) is 5.69 Å². The Labute approximate surface area is 77.4 Å². The van der Waals surface area contributed by atoms with Crippen LogP contribution in [0.2, 0.25) is 5.28 Å². The van der Waals surface area contributed by atoms with Gasteiger partial charge in [0, 0.05) is 12.0 Å². The quantitative estimate of drug-likeness (QED) is 0.660. The first-order chi connectivity index (χ1) is 6.00. The highest BCUT2D eigenvalue weighted by atomic mass is 35.5. The van der Waals surface area contributed by atoms with Crippen LogP contribution >= 0.6 is 11.6 Å². The molecular weight excluding hydrogens is 202 g/mol. The Hall–Kier alpha value is -0.970. The molecular formula is C7H5ClF2N2O. The van der Waals surface area contributed by atoms with Crippen molar-refractivity contribution >= 4 is 11.6 Å². The first kappa shape index (κ1) is 8.62. The number of aromatic hydroxyl groups is 1. The molecule has 0 radical (unpaired) electrons. The fraction of sp³-hybridized carbons (Fsp3) is 0.429. The normalized spacial score (nSPS) is 18.7. The largest absolute Gasteiger partial charge is 0.493 e. The van der Waals surface area contributed by atoms with E-state index in [1.54, 1.807) is 0 Å². The molecule has 0 fully saturated rings. The fourth-order valence-corrected chi connectivity index (χ4v) is 1.54. The molecule has 1 heterocycles. The Kier molecular flexibility index (Phi) is 1.66. The molecule has 3 nitrogen and oxygen atoms in total. The second-order valence-corrected chi connectivity index (χ2v) is 3.19. The average molecular weight is 207 g/mol. The average Bonchev–Trinajstić information content (AvgIpc) is 2.28. The van der Waals surface area contributed by atoms with Crippen LogP contribution in [0.25, 0.3) is 0 Å². The summed E-state index contributed by atoms with van der Waals surface area (Å²) in [6.45, 7) is 0. The van der Waals surface area contributed by atoms with Gasteiger partial charge in [-0.1, -0.05) is 0 Å². The van der Waals surface area contributed by atoms with Crippen LogP contribution in [-0.2, 0) is 12.3 Å². The Balaban J connectivity index is 2.65. The molecule has 2 rings (SSSR count). The van der Waals surface area contributed by atoms with Crippen molar-refractivity contribution in [2.24, 2.45) is 0 Å². The Morgan fingerprint density at radius 2 is 2.08 bits per heavy atom. The van der Waals surface area contributed by atoms with Gasteiger partial charge in [0.05, 0.1) is 0 Å². The smallest absolute Gasteiger partial charge is 0.290 e. The molecule has 0 amide bonds. The van der Waals surface area contributed by atoms with Crippen LogP contribution in [0, 0.1) is 0 Å². The van der Waals surface area contributed by atoms with Crippen molar-refractivity contribution in [2.75, 3.05) is 0 Å². The summed E-state index contributed by atoms with van der Waals surface area (Å²) in [6.07, 6.45) is -0.254. The third kappa shape index (κ3) is 1.23. The van der Waals surface area contributed by atoms with Gasteiger partial charge in [-0.25, -0.2) is 4.98 Å². The minimum Gasteiger partial charge on any atom is -0.493 e. The van der Waals surface area contributed by atoms with Crippen molar-refractivity contribution < 1.29 is 13.9 Å². The molecule has 0 aromatic carbocycles. The van der Waals surface area contributed by atoms with E-state index in [0.29, 0.717) is 0 Å². The predicted molar refractivity (Wildman–Crippen MR) is 40.9 cm³/mol. The van der Waals surface area contributed by atoms with Crippen molar-refractivity contribution in [1.82, 2.24) is 9.97 Å². The predicted octanol–water partition coefficient (Wildman–Crippen LogP) is 1.87. The number of hydrogen-bond donors (Lipinski definition) is 1. The monoisotopic (exact) mass is 206 g/mol. The van der Waals surface area contributed by atoms with Crippen LogP contribution in [0.1, 0.15) is 17.7 Å². The van der Waals surface area contributed by atoms with Gasteiger partial charge in [-0.05, 0) is 18.0 Å². The van der Waals surface area contributed by atoms with Gasteiger partial charge in [0.25, 0.3) is 5.92 Å². The second-order valence-electron chi connectivity index (χ2n) is 2.85. The van der Waals surface area contributed by atoms with E-state index < -0.39 is 17.5 Å². The first-order valence-corrected chi connectivity index (χ1v) is 4.02. The molecule has 0 spiro atoms. The van der Waals surface area contributed by atoms with Crippen LogP contribution in [0.15, 0.2) is 0 Å². The zero-order valence-corrected chi connectivity index (χ0v) is 7.15. The highest BCUT2D eigenvalue weighted by molar-refractivity contribution is 6.28. The van der Waals surface area contributed by atoms with E-state index in [2.05, 4.69) is 9.97 Å². The van der Waals surface area contributed by atoms with E-state index in [9.17, 15) is 13.9 Å². The molecule has 13 heavy (non-hydrogen) atoms. The highest BCUT2D eigenvalue weighted by Crippen LogP contribution is 2.43. The number of fused-ring (bicyclic) bond motifs is 1. The van der Waals surface area contributed by atoms with Crippen LogP contribution in [0.3, 0.4) is 0 Å². The summed E-state index contributed by atoms with van der Waals surface area (Å²) in [5.74, 6) is -3.42. The summed E-state index contributed by atoms with van der Waals surface area (Å²) in [7, 11) is 0. The van der Waals surface area contributed by atoms with E-state index in [-0.39, 0.29) is 23.7 Å². The number of hydrogen-bond acceptors (Lipinski definition) is 3. The van der Waals surface area contributed by atoms with E-state index in [1.165, 1.54) is 0 Å². The Morgan fingerprint density at radius 1 is 1.38 bits per heavy atom. The maximum Gasteiger partial charge on any atom is 0.290 e. The third-order valence-corrected chi connectivity index (χ3v) is 2.16. The molecule has 70 valence electrons. The van der Waals surface area contributed by atoms with Gasteiger partial charge in [-0.2, -0.15) is 13.8 Å². The summed E-state index contributed by atoms with van der Waals surface area (Å²) in [5.41, 5.74) is -0.334. The SMILES string of the molecule is Oc1nc(Cl)nc2c1CCC2(F)F. The number of nitrogens with zero attached hydrogens (tertiary/aromatic N) is 2. The molecule has 0 unspecified atom stereocenters. The van der Waals surface area contributed by atoms with Gasteiger partial charge in [0.2, 0.25) is 11.2 Å². The van der Waals surface area contributed by atoms with E-state index in [4.69, 9.17) is 11.6 Å². The Morgan fingerprint density at radius 3 is 2.77 bits per heavy atom. The minimum atomic E-state index is -2.99. The topological polar surface area (TPSA) is 46.0 Å². The number of halogens is 3. The minimum absolute atomic E-state index is 0.0886. The molecule has 0 bridgehead atoms. The molecule has 1 aliphatic carbocycles. The lowest BCUT2D eigenvalue weighted by Crippen LogP contribution is -2.10. The maximum absolute atomic E-state index is 13.0. The van der Waals surface area contributed by atoms with Crippen molar-refractivity contribution in [1.29, 1.82) is 0 Å². The van der Waals surface area contributed by atoms with Crippen molar-refractivity contribution in [3.63, 3.8) is 0 Å². The first-order valence-electron chi connectivity index (χ1n) is 3.64. The van der Waals surface area contributed by atoms with Gasteiger partial charge >= 0.3 is 0 Å². The number of rotatable bonds is 0. The molecule has 0 saturated heterocycles. The molecule has 0 atom stereocenters. The van der Waals surface area contributed by atoms with E-state index in [1.807, 2.05) is 0 Å². The molecule has 1 aliphatic rings. The number of aromatic nitrogens is 2. The lowest BCUT2D eigenvalue weighted by molar-refractivity contribution is -0.00603. The summed E-state index contributed by atoms with van der Waals surface area (Å²) in [4.78, 5) is 6.80. The summed E-state index contributed by atoms with van der Waals surface area (Å²) < 4.78 is 26.1. The van der Waals surface area contributed by atoms with Gasteiger partial charge in [-0.15, -0.1) is 0 Å². The molecule has 1 aromatic rings. The number of alkyl halides is 2. The Bertz CT molecular complexity index is 370. The fourth-order valence-electron chi connectivity index (χ4n) is 1.38.